The maximum atomic E-state index is 5.48. The first-order valence-corrected chi connectivity index (χ1v) is 23.1. The molecule has 0 heterocycles. The smallest absolute Gasteiger partial charge is 2.00 e. The second-order valence-corrected chi connectivity index (χ2v) is 20.6. The number of nitrogens with zero attached hydrogens (tertiary/aromatic N) is 2. The monoisotopic (exact) mass is 588 g/mol. The van der Waals surface area contributed by atoms with Crippen molar-refractivity contribution in [1.29, 1.82) is 0 Å². The molecule has 1 radical (unpaired) electrons. The minimum Gasteiger partial charge on any atom is 2.00 e. The number of halogens is 4. The minimum atomic E-state index is -2.25. The molecule has 0 fully saturated rings. The molecular formula is C6H17Cl4CuN4Sn2+. The zero-order valence-electron chi connectivity index (χ0n) is 9.18. The average Bonchev–Trinajstić information content (AvgIpc) is 2.18. The van der Waals surface area contributed by atoms with Crippen LogP contribution in [0.4, 0.5) is 0 Å². The zero-order valence-corrected chi connectivity index (χ0v) is 19.3. The molecule has 0 aliphatic heterocycles. The summed E-state index contributed by atoms with van der Waals surface area (Å²) in [5, 5.41) is 0. The van der Waals surface area contributed by atoms with Gasteiger partial charge >= 0.3 is 146 Å². The van der Waals surface area contributed by atoms with Gasteiger partial charge in [0.05, 0.1) is 0 Å². The maximum Gasteiger partial charge on any atom is 2.00 e. The SMILES string of the molecule is NCCC[N-][Sn+]([Cl])[Cl].NCCC[N-][SnH]([Cl])[Cl].[Cu+2]. The van der Waals surface area contributed by atoms with Crippen LogP contribution in [0.3, 0.4) is 0 Å². The van der Waals surface area contributed by atoms with Crippen LogP contribution in [-0.2, 0) is 17.1 Å². The van der Waals surface area contributed by atoms with E-state index in [0.29, 0.717) is 13.1 Å². The van der Waals surface area contributed by atoms with Crippen LogP contribution in [-0.4, -0.2) is 61.7 Å². The summed E-state index contributed by atoms with van der Waals surface area (Å²) in [6, 6.07) is 0. The van der Waals surface area contributed by atoms with Crippen LogP contribution in [0, 0.1) is 0 Å². The van der Waals surface area contributed by atoms with Crippen LogP contribution in [0.25, 0.3) is 7.08 Å². The minimum absolute atomic E-state index is 0. The van der Waals surface area contributed by atoms with Gasteiger partial charge in [0.25, 0.3) is 0 Å². The Hall–Kier alpha value is 3.12. The maximum absolute atomic E-state index is 5.48. The van der Waals surface area contributed by atoms with Crippen LogP contribution < -0.4 is 11.5 Å². The predicted octanol–water partition coefficient (Wildman–Crippen LogP) is 2.07. The Bertz CT molecular complexity index is 125. The van der Waals surface area contributed by atoms with Crippen LogP contribution >= 0.6 is 35.7 Å². The number of hydrogen-bond donors (Lipinski definition) is 2. The van der Waals surface area contributed by atoms with Gasteiger partial charge < -0.3 is 0 Å². The fourth-order valence-electron chi connectivity index (χ4n) is 0.535. The first kappa shape index (κ1) is 25.1. The van der Waals surface area contributed by atoms with Crippen molar-refractivity contribution in [2.75, 3.05) is 26.2 Å². The van der Waals surface area contributed by atoms with Crippen LogP contribution in [0.5, 0.6) is 0 Å². The fourth-order valence-corrected chi connectivity index (χ4v) is 4.99. The standard InChI is InChI=1S/2C3H8N2.4ClH.Cu.2Sn.H/c2*4-2-1-3-5;;;;;;;;/h2*1-4H2;4*1H;;;;/q2*-1;;;;;2*+2;+3;/p-4. The van der Waals surface area contributed by atoms with Crippen LogP contribution in [0.1, 0.15) is 12.8 Å². The first-order valence-electron chi connectivity index (χ1n) is 4.75. The third kappa shape index (κ3) is 32.6. The summed E-state index contributed by atoms with van der Waals surface area (Å²) in [6.45, 7) is 2.85. The molecule has 4 N–H and O–H groups in total. The van der Waals surface area contributed by atoms with Crippen molar-refractivity contribution in [1.82, 2.24) is 0 Å². The summed E-state index contributed by atoms with van der Waals surface area (Å²) >= 11 is -4.40. The molecule has 0 aromatic rings. The third-order valence-electron chi connectivity index (χ3n) is 1.22. The molecule has 0 spiro atoms. The summed E-state index contributed by atoms with van der Waals surface area (Å²) in [5.74, 6) is 0. The Kier molecular flexibility index (Phi) is 31.6. The number of rotatable bonds is 8. The third-order valence-corrected chi connectivity index (χ3v) is 7.52. The Balaban J connectivity index is -0.000000218. The molecule has 0 saturated heterocycles. The van der Waals surface area contributed by atoms with E-state index in [4.69, 9.17) is 47.2 Å². The molecular weight excluding hydrogens is 571 g/mol. The average molecular weight is 588 g/mol. The number of hydrogen-bond acceptors (Lipinski definition) is 2. The summed E-state index contributed by atoms with van der Waals surface area (Å²) in [6.07, 6.45) is 1.82. The molecule has 0 bridgehead atoms. The molecule has 11 heteroatoms. The van der Waals surface area contributed by atoms with Crippen molar-refractivity contribution >= 4 is 71.2 Å². The van der Waals surface area contributed by atoms with Crippen molar-refractivity contribution in [2.45, 2.75) is 12.8 Å². The molecule has 17 heavy (non-hydrogen) atoms. The van der Waals surface area contributed by atoms with E-state index in [1.54, 1.807) is 0 Å². The van der Waals surface area contributed by atoms with Gasteiger partial charge in [-0.05, 0) is 0 Å². The molecule has 0 unspecified atom stereocenters. The van der Waals surface area contributed by atoms with Gasteiger partial charge in [0, 0.05) is 0 Å². The van der Waals surface area contributed by atoms with Gasteiger partial charge in [-0.2, -0.15) is 0 Å². The second kappa shape index (κ2) is 21.4. The van der Waals surface area contributed by atoms with E-state index in [2.05, 4.69) is 7.08 Å². The molecule has 0 aliphatic rings. The number of nitrogens with two attached hydrogens (primary N) is 2. The van der Waals surface area contributed by atoms with E-state index < -0.39 is 35.6 Å². The topological polar surface area (TPSA) is 80.2 Å². The van der Waals surface area contributed by atoms with Crippen molar-refractivity contribution in [3.63, 3.8) is 0 Å². The fraction of sp³-hybridized carbons (Fsp3) is 1.00. The van der Waals surface area contributed by atoms with Gasteiger partial charge in [0.15, 0.2) is 0 Å². The Labute approximate surface area is 144 Å². The first-order chi connectivity index (χ1) is 7.54. The summed E-state index contributed by atoms with van der Waals surface area (Å²) in [5.41, 5.74) is 10.4. The van der Waals surface area contributed by atoms with E-state index in [9.17, 15) is 0 Å². The molecule has 4 nitrogen and oxygen atoms in total. The van der Waals surface area contributed by atoms with E-state index in [-0.39, 0.29) is 17.1 Å². The molecule has 0 aliphatic carbocycles. The molecule has 0 aromatic heterocycles. The molecule has 0 aromatic carbocycles. The molecule has 0 rings (SSSR count). The van der Waals surface area contributed by atoms with Gasteiger partial charge in [-0.1, -0.05) is 0 Å². The largest absolute Gasteiger partial charge is 2.00 e. The van der Waals surface area contributed by atoms with Crippen molar-refractivity contribution in [2.24, 2.45) is 11.5 Å². The van der Waals surface area contributed by atoms with E-state index in [1.165, 1.54) is 0 Å². The summed E-state index contributed by atoms with van der Waals surface area (Å²) in [7, 11) is 21.9. The Morgan fingerprint density at radius 2 is 1.47 bits per heavy atom. The van der Waals surface area contributed by atoms with Crippen LogP contribution in [0.15, 0.2) is 0 Å². The van der Waals surface area contributed by atoms with Gasteiger partial charge in [-0.25, -0.2) is 0 Å². The molecule has 0 amide bonds. The Morgan fingerprint density at radius 3 is 1.82 bits per heavy atom. The van der Waals surface area contributed by atoms with Crippen molar-refractivity contribution in [3.05, 3.63) is 7.08 Å². The van der Waals surface area contributed by atoms with Crippen molar-refractivity contribution in [3.8, 4) is 0 Å². The van der Waals surface area contributed by atoms with E-state index in [1.807, 2.05) is 0 Å². The predicted molar refractivity (Wildman–Crippen MR) is 80.1 cm³/mol. The zero-order chi connectivity index (χ0) is 12.8. The van der Waals surface area contributed by atoms with Gasteiger partial charge in [-0.15, -0.1) is 0 Å². The normalized spacial score (nSPS) is 9.35. The summed E-state index contributed by atoms with van der Waals surface area (Å²) < 4.78 is 7.94. The van der Waals surface area contributed by atoms with Gasteiger partial charge in [0.2, 0.25) is 0 Å². The molecule has 0 saturated carbocycles. The molecule has 107 valence electrons. The van der Waals surface area contributed by atoms with Gasteiger partial charge in [0.1, 0.15) is 0 Å². The molecule has 0 atom stereocenters. The summed E-state index contributed by atoms with van der Waals surface area (Å²) in [4.78, 5) is 0. The van der Waals surface area contributed by atoms with Gasteiger partial charge in [-0.3, -0.25) is 0 Å². The van der Waals surface area contributed by atoms with Crippen LogP contribution in [0.2, 0.25) is 0 Å². The van der Waals surface area contributed by atoms with E-state index in [0.717, 1.165) is 25.9 Å². The van der Waals surface area contributed by atoms with Crippen molar-refractivity contribution < 1.29 is 17.1 Å². The second-order valence-electron chi connectivity index (χ2n) is 2.59. The van der Waals surface area contributed by atoms with E-state index >= 15 is 0 Å². The quantitative estimate of drug-likeness (QED) is 0.337. The Morgan fingerprint density at radius 1 is 1.00 bits per heavy atom.